The Labute approximate surface area is 154 Å². The lowest BCUT2D eigenvalue weighted by Crippen LogP contribution is -2.27. The summed E-state index contributed by atoms with van der Waals surface area (Å²) in [5.41, 5.74) is 2.49. The molecule has 1 amide bonds. The van der Waals surface area contributed by atoms with Gasteiger partial charge in [-0.3, -0.25) is 19.3 Å². The molecule has 1 saturated heterocycles. The van der Waals surface area contributed by atoms with Crippen molar-refractivity contribution >= 4 is 58.0 Å². The monoisotopic (exact) mass is 367 g/mol. The highest BCUT2D eigenvalue weighted by atomic mass is 32.2. The van der Waals surface area contributed by atoms with Gasteiger partial charge in [0.15, 0.2) is 10.1 Å². The van der Waals surface area contributed by atoms with Crippen molar-refractivity contribution in [3.8, 4) is 0 Å². The molecule has 6 heteroatoms. The van der Waals surface area contributed by atoms with E-state index in [4.69, 9.17) is 12.2 Å². The number of Topliss-reactive ketones (excluding diaryl/α,β-unsaturated/α-hetero) is 1. The number of amides is 1. The number of hydrogen-bond donors (Lipinski definition) is 0. The zero-order valence-corrected chi connectivity index (χ0v) is 14.9. The number of hydrogen-bond acceptors (Lipinski definition) is 5. The third kappa shape index (κ3) is 3.60. The summed E-state index contributed by atoms with van der Waals surface area (Å²) in [6, 6.07) is 13.8. The smallest absolute Gasteiger partial charge is 0.270 e. The molecule has 0 N–H and O–H groups in total. The van der Waals surface area contributed by atoms with Crippen LogP contribution in [0.4, 0.5) is 5.69 Å². The molecule has 0 bridgehead atoms. The maximum atomic E-state index is 12.7. The number of benzene rings is 2. The van der Waals surface area contributed by atoms with Crippen LogP contribution in [-0.2, 0) is 4.79 Å². The van der Waals surface area contributed by atoms with Gasteiger partial charge in [-0.1, -0.05) is 60.4 Å². The Hall–Kier alpha value is -2.57. The molecule has 3 rings (SSSR count). The zero-order chi connectivity index (χ0) is 18.0. The lowest BCUT2D eigenvalue weighted by atomic mass is 10.1. The normalized spacial score (nSPS) is 15.7. The fourth-order valence-electron chi connectivity index (χ4n) is 2.38. The first-order chi connectivity index (χ1) is 12.0. The van der Waals surface area contributed by atoms with Gasteiger partial charge in [0.05, 0.1) is 10.6 Å². The van der Waals surface area contributed by atoms with Gasteiger partial charge in [-0.15, -0.1) is 0 Å². The third-order valence-electron chi connectivity index (χ3n) is 3.67. The van der Waals surface area contributed by atoms with E-state index in [1.165, 1.54) is 23.6 Å². The van der Waals surface area contributed by atoms with Gasteiger partial charge in [-0.2, -0.15) is 0 Å². The van der Waals surface area contributed by atoms with Crippen LogP contribution >= 0.6 is 24.0 Å². The topological polar surface area (TPSA) is 54.5 Å². The molecular weight excluding hydrogens is 354 g/mol. The van der Waals surface area contributed by atoms with Crippen LogP contribution in [-0.4, -0.2) is 22.3 Å². The molecule has 0 aliphatic carbocycles. The summed E-state index contributed by atoms with van der Waals surface area (Å²) in [5, 5.41) is 0. The Kier molecular flexibility index (Phi) is 4.92. The average molecular weight is 367 g/mol. The number of aldehydes is 1. The van der Waals surface area contributed by atoms with Crippen LogP contribution in [0.2, 0.25) is 0 Å². The van der Waals surface area contributed by atoms with Gasteiger partial charge in [-0.05, 0) is 30.7 Å². The van der Waals surface area contributed by atoms with Crippen molar-refractivity contribution in [2.75, 3.05) is 4.90 Å². The second-order valence-corrected chi connectivity index (χ2v) is 7.08. The van der Waals surface area contributed by atoms with E-state index >= 15 is 0 Å². The highest BCUT2D eigenvalue weighted by molar-refractivity contribution is 8.27. The summed E-state index contributed by atoms with van der Waals surface area (Å²) in [6.07, 6.45) is 2.51. The van der Waals surface area contributed by atoms with E-state index in [1.807, 2.05) is 0 Å². The molecule has 1 fully saturated rings. The summed E-state index contributed by atoms with van der Waals surface area (Å²) in [7, 11) is 0. The maximum Gasteiger partial charge on any atom is 0.270 e. The van der Waals surface area contributed by atoms with Crippen molar-refractivity contribution in [1.29, 1.82) is 0 Å². The van der Waals surface area contributed by atoms with Crippen LogP contribution in [0.3, 0.4) is 0 Å². The minimum atomic E-state index is -0.227. The first-order valence-electron chi connectivity index (χ1n) is 7.44. The van der Waals surface area contributed by atoms with Gasteiger partial charge in [0.1, 0.15) is 6.29 Å². The lowest BCUT2D eigenvalue weighted by Gasteiger charge is -2.15. The van der Waals surface area contributed by atoms with Crippen molar-refractivity contribution in [1.82, 2.24) is 0 Å². The number of nitrogens with zero attached hydrogens (tertiary/aromatic N) is 1. The van der Waals surface area contributed by atoms with Crippen molar-refractivity contribution in [2.24, 2.45) is 0 Å². The molecule has 0 saturated carbocycles. The molecule has 1 aliphatic rings. The number of thiocarbonyl (C=S) groups is 1. The summed E-state index contributed by atoms with van der Waals surface area (Å²) in [4.78, 5) is 36.9. The van der Waals surface area contributed by atoms with E-state index < -0.39 is 0 Å². The number of anilines is 1. The van der Waals surface area contributed by atoms with Gasteiger partial charge in [0, 0.05) is 11.1 Å². The molecule has 2 aromatic rings. The van der Waals surface area contributed by atoms with Gasteiger partial charge in [-0.25, -0.2) is 0 Å². The van der Waals surface area contributed by atoms with Crippen LogP contribution in [0.5, 0.6) is 0 Å². The van der Waals surface area contributed by atoms with E-state index in [-0.39, 0.29) is 11.7 Å². The number of ketones is 1. The second-order valence-electron chi connectivity index (χ2n) is 5.41. The second kappa shape index (κ2) is 7.13. The molecule has 2 aromatic carbocycles. The Bertz CT molecular complexity index is 917. The van der Waals surface area contributed by atoms with Crippen LogP contribution in [0.25, 0.3) is 6.08 Å². The number of carbonyl (C=O) groups excluding carboxylic acids is 3. The summed E-state index contributed by atoms with van der Waals surface area (Å²) in [5.74, 6) is -0.298. The standard InChI is InChI=1S/C19H13NO3S2/c1-12(22)15-3-2-4-16(10-15)20-18(23)17(25-19(20)24)9-13-5-7-14(11-21)8-6-13/h2-11H,1H3. The fourth-order valence-corrected chi connectivity index (χ4v) is 3.68. The SMILES string of the molecule is CC(=O)c1cccc(N2C(=O)C(=Cc3ccc(C=O)cc3)SC2=S)c1. The van der Waals surface area contributed by atoms with Crippen molar-refractivity contribution in [3.63, 3.8) is 0 Å². The zero-order valence-electron chi connectivity index (χ0n) is 13.3. The van der Waals surface area contributed by atoms with Crippen molar-refractivity contribution < 1.29 is 14.4 Å². The average Bonchev–Trinajstić information content (AvgIpc) is 2.89. The third-order valence-corrected chi connectivity index (χ3v) is 4.98. The highest BCUT2D eigenvalue weighted by Crippen LogP contribution is 2.36. The van der Waals surface area contributed by atoms with Gasteiger partial charge >= 0.3 is 0 Å². The Morgan fingerprint density at radius 3 is 2.44 bits per heavy atom. The predicted octanol–water partition coefficient (Wildman–Crippen LogP) is 4.11. The van der Waals surface area contributed by atoms with Gasteiger partial charge < -0.3 is 0 Å². The predicted molar refractivity (Wildman–Crippen MR) is 104 cm³/mol. The van der Waals surface area contributed by atoms with E-state index in [9.17, 15) is 14.4 Å². The minimum Gasteiger partial charge on any atom is -0.298 e. The molecule has 1 heterocycles. The Morgan fingerprint density at radius 1 is 1.12 bits per heavy atom. The molecule has 1 aliphatic heterocycles. The molecule has 0 aromatic heterocycles. The first kappa shape index (κ1) is 17.3. The quantitative estimate of drug-likeness (QED) is 0.352. The lowest BCUT2D eigenvalue weighted by molar-refractivity contribution is -0.113. The van der Waals surface area contributed by atoms with Gasteiger partial charge in [0.25, 0.3) is 5.91 Å². The molecule has 25 heavy (non-hydrogen) atoms. The molecule has 0 unspecified atom stereocenters. The largest absolute Gasteiger partial charge is 0.298 e. The first-order valence-corrected chi connectivity index (χ1v) is 8.66. The molecule has 124 valence electrons. The fraction of sp³-hybridized carbons (Fsp3) is 0.0526. The Balaban J connectivity index is 1.91. The van der Waals surface area contributed by atoms with E-state index in [0.717, 1.165) is 11.8 Å². The van der Waals surface area contributed by atoms with E-state index in [0.29, 0.717) is 26.0 Å². The summed E-state index contributed by atoms with van der Waals surface area (Å²) in [6.45, 7) is 1.48. The molecular formula is C19H13NO3S2. The van der Waals surface area contributed by atoms with E-state index in [1.54, 1.807) is 54.6 Å². The number of thioether (sulfide) groups is 1. The Morgan fingerprint density at radius 2 is 1.80 bits per heavy atom. The summed E-state index contributed by atoms with van der Waals surface area (Å²) < 4.78 is 0.418. The van der Waals surface area contributed by atoms with Crippen LogP contribution < -0.4 is 4.90 Å². The van der Waals surface area contributed by atoms with Gasteiger partial charge in [0.2, 0.25) is 0 Å². The highest BCUT2D eigenvalue weighted by Gasteiger charge is 2.33. The molecule has 0 spiro atoms. The van der Waals surface area contributed by atoms with Crippen molar-refractivity contribution in [3.05, 3.63) is 70.1 Å². The van der Waals surface area contributed by atoms with Crippen LogP contribution in [0.1, 0.15) is 33.2 Å². The number of carbonyl (C=O) groups is 3. The van der Waals surface area contributed by atoms with Crippen LogP contribution in [0, 0.1) is 0 Å². The van der Waals surface area contributed by atoms with Crippen LogP contribution in [0.15, 0.2) is 53.4 Å². The summed E-state index contributed by atoms with van der Waals surface area (Å²) >= 11 is 6.55. The molecule has 0 radical (unpaired) electrons. The number of rotatable bonds is 4. The van der Waals surface area contributed by atoms with E-state index in [2.05, 4.69) is 0 Å². The molecule has 0 atom stereocenters. The maximum absolute atomic E-state index is 12.7. The minimum absolute atomic E-state index is 0.0712. The van der Waals surface area contributed by atoms with Crippen molar-refractivity contribution in [2.45, 2.75) is 6.92 Å². The molecule has 4 nitrogen and oxygen atoms in total.